The average Bonchev–Trinajstić information content (AvgIpc) is 3.38. The first-order chi connectivity index (χ1) is 13.2. The molecule has 0 aliphatic carbocycles. The second kappa shape index (κ2) is 6.91. The van der Waals surface area contributed by atoms with Gasteiger partial charge >= 0.3 is 5.97 Å². The maximum Gasteiger partial charge on any atom is 0.359 e. The second-order valence-electron chi connectivity index (χ2n) is 5.75. The summed E-state index contributed by atoms with van der Waals surface area (Å²) < 4.78 is 17.0. The van der Waals surface area contributed by atoms with Gasteiger partial charge in [0.2, 0.25) is 5.76 Å². The van der Waals surface area contributed by atoms with Crippen molar-refractivity contribution in [2.24, 2.45) is 0 Å². The Balaban J connectivity index is 1.59. The number of hydrogen-bond acceptors (Lipinski definition) is 7. The van der Waals surface area contributed by atoms with Crippen LogP contribution < -0.4 is 5.56 Å². The van der Waals surface area contributed by atoms with Crippen molar-refractivity contribution in [2.45, 2.75) is 20.1 Å². The highest BCUT2D eigenvalue weighted by atomic mass is 16.5. The van der Waals surface area contributed by atoms with E-state index in [0.29, 0.717) is 34.5 Å². The van der Waals surface area contributed by atoms with Gasteiger partial charge in [-0.2, -0.15) is 5.10 Å². The number of rotatable bonds is 5. The van der Waals surface area contributed by atoms with Crippen LogP contribution in [0.4, 0.5) is 0 Å². The first-order valence-corrected chi connectivity index (χ1v) is 8.34. The fourth-order valence-corrected chi connectivity index (χ4v) is 2.72. The van der Waals surface area contributed by atoms with Crippen LogP contribution in [0.3, 0.4) is 0 Å². The highest BCUT2D eigenvalue weighted by Crippen LogP contribution is 2.21. The van der Waals surface area contributed by atoms with Gasteiger partial charge in [0.05, 0.1) is 11.6 Å². The molecule has 0 aliphatic rings. The summed E-state index contributed by atoms with van der Waals surface area (Å²) in [5.74, 6) is 0.327. The lowest BCUT2D eigenvalue weighted by Crippen LogP contribution is -2.25. The summed E-state index contributed by atoms with van der Waals surface area (Å²) in [4.78, 5) is 24.9. The molecular formula is C19H15N3O5. The topological polar surface area (TPSA) is 100 Å². The van der Waals surface area contributed by atoms with Crippen molar-refractivity contribution in [3.63, 3.8) is 0 Å². The van der Waals surface area contributed by atoms with Crippen molar-refractivity contribution in [1.82, 2.24) is 14.9 Å². The molecule has 3 aromatic heterocycles. The normalized spacial score (nSPS) is 11.0. The first kappa shape index (κ1) is 16.8. The van der Waals surface area contributed by atoms with E-state index < -0.39 is 5.97 Å². The van der Waals surface area contributed by atoms with Crippen molar-refractivity contribution in [1.29, 1.82) is 0 Å². The van der Waals surface area contributed by atoms with Crippen LogP contribution >= 0.6 is 0 Å². The zero-order chi connectivity index (χ0) is 18.8. The molecule has 4 rings (SSSR count). The quantitative estimate of drug-likeness (QED) is 0.501. The summed E-state index contributed by atoms with van der Waals surface area (Å²) in [6.45, 7) is 2.04. The molecule has 4 aromatic rings. The van der Waals surface area contributed by atoms with Crippen molar-refractivity contribution in [3.8, 4) is 11.5 Å². The predicted molar refractivity (Wildman–Crippen MR) is 95.0 cm³/mol. The molecule has 8 nitrogen and oxygen atoms in total. The molecule has 0 bridgehead atoms. The molecular weight excluding hydrogens is 350 g/mol. The molecule has 0 saturated carbocycles. The van der Waals surface area contributed by atoms with Gasteiger partial charge in [0.1, 0.15) is 12.3 Å². The van der Waals surface area contributed by atoms with Crippen LogP contribution in [-0.2, 0) is 17.9 Å². The Morgan fingerprint density at radius 3 is 2.70 bits per heavy atom. The Labute approximate surface area is 153 Å². The van der Waals surface area contributed by atoms with E-state index in [1.807, 2.05) is 0 Å². The summed E-state index contributed by atoms with van der Waals surface area (Å²) in [6.07, 6.45) is 1.52. The van der Waals surface area contributed by atoms with E-state index in [0.717, 1.165) is 0 Å². The Kier molecular flexibility index (Phi) is 4.29. The van der Waals surface area contributed by atoms with Gasteiger partial charge in [0.15, 0.2) is 11.5 Å². The van der Waals surface area contributed by atoms with Crippen LogP contribution in [0, 0.1) is 0 Å². The molecule has 0 saturated heterocycles. The number of carbonyl (C=O) groups is 1. The van der Waals surface area contributed by atoms with Crippen LogP contribution in [0.15, 0.2) is 62.5 Å². The molecule has 27 heavy (non-hydrogen) atoms. The number of hydrogen-bond donors (Lipinski definition) is 0. The Morgan fingerprint density at radius 2 is 1.96 bits per heavy atom. The number of furan rings is 1. The largest absolute Gasteiger partial charge is 0.461 e. The molecule has 0 fully saturated rings. The number of aryl methyl sites for hydroxylation is 1. The lowest BCUT2D eigenvalue weighted by Gasteiger charge is -2.08. The summed E-state index contributed by atoms with van der Waals surface area (Å²) in [6, 6.07) is 11.9. The van der Waals surface area contributed by atoms with Crippen LogP contribution in [0.25, 0.3) is 22.3 Å². The third kappa shape index (κ3) is 3.12. The zero-order valence-electron chi connectivity index (χ0n) is 14.4. The van der Waals surface area contributed by atoms with Gasteiger partial charge in [0, 0.05) is 18.0 Å². The average molecular weight is 365 g/mol. The lowest BCUT2D eigenvalue weighted by atomic mass is 10.1. The standard InChI is InChI=1S/C19H15N3O5/c1-2-22-18(23)14-7-4-3-6-13(14)17(20-22)19(24)26-11-12-10-16(27-21-12)15-8-5-9-25-15/h3-10H,2,11H2,1H3. The molecule has 0 unspecified atom stereocenters. The lowest BCUT2D eigenvalue weighted by molar-refractivity contribution is 0.0457. The van der Waals surface area contributed by atoms with Crippen LogP contribution in [0.1, 0.15) is 23.1 Å². The minimum atomic E-state index is -0.643. The summed E-state index contributed by atoms with van der Waals surface area (Å²) in [7, 11) is 0. The Hall–Kier alpha value is -3.68. The number of esters is 1. The third-order valence-corrected chi connectivity index (χ3v) is 4.03. The molecule has 0 radical (unpaired) electrons. The Bertz CT molecular complexity index is 1160. The maximum atomic E-state index is 12.6. The summed E-state index contributed by atoms with van der Waals surface area (Å²) in [5, 5.41) is 8.88. The van der Waals surface area contributed by atoms with Crippen molar-refractivity contribution in [2.75, 3.05) is 0 Å². The molecule has 0 aliphatic heterocycles. The minimum absolute atomic E-state index is 0.0850. The molecule has 0 N–H and O–H groups in total. The van der Waals surface area contributed by atoms with E-state index in [-0.39, 0.29) is 17.9 Å². The third-order valence-electron chi connectivity index (χ3n) is 4.03. The maximum absolute atomic E-state index is 12.6. The summed E-state index contributed by atoms with van der Waals surface area (Å²) in [5.41, 5.74) is 0.272. The van der Waals surface area contributed by atoms with Gasteiger partial charge in [-0.05, 0) is 25.1 Å². The number of aromatic nitrogens is 3. The van der Waals surface area contributed by atoms with E-state index in [9.17, 15) is 9.59 Å². The molecule has 8 heteroatoms. The minimum Gasteiger partial charge on any atom is -0.461 e. The van der Waals surface area contributed by atoms with Crippen molar-refractivity contribution < 1.29 is 18.5 Å². The molecule has 136 valence electrons. The Morgan fingerprint density at radius 1 is 1.15 bits per heavy atom. The van der Waals surface area contributed by atoms with E-state index in [4.69, 9.17) is 13.7 Å². The molecule has 0 atom stereocenters. The van der Waals surface area contributed by atoms with Crippen LogP contribution in [0.2, 0.25) is 0 Å². The number of benzene rings is 1. The molecule has 3 heterocycles. The highest BCUT2D eigenvalue weighted by molar-refractivity contribution is 6.02. The second-order valence-corrected chi connectivity index (χ2v) is 5.75. The fraction of sp³-hybridized carbons (Fsp3) is 0.158. The van der Waals surface area contributed by atoms with Gasteiger partial charge in [-0.15, -0.1) is 0 Å². The fourth-order valence-electron chi connectivity index (χ4n) is 2.72. The SMILES string of the molecule is CCn1nc(C(=O)OCc2cc(-c3ccco3)on2)c2ccccc2c1=O. The zero-order valence-corrected chi connectivity index (χ0v) is 14.4. The van der Waals surface area contributed by atoms with Crippen molar-refractivity contribution in [3.05, 3.63) is 70.5 Å². The first-order valence-electron chi connectivity index (χ1n) is 8.34. The monoisotopic (exact) mass is 365 g/mol. The number of ether oxygens (including phenoxy) is 1. The van der Waals surface area contributed by atoms with Gasteiger partial charge < -0.3 is 13.7 Å². The van der Waals surface area contributed by atoms with Gasteiger partial charge in [-0.3, -0.25) is 4.79 Å². The summed E-state index contributed by atoms with van der Waals surface area (Å²) >= 11 is 0. The van der Waals surface area contributed by atoms with Crippen molar-refractivity contribution >= 4 is 16.7 Å². The smallest absolute Gasteiger partial charge is 0.359 e. The number of nitrogens with zero attached hydrogens (tertiary/aromatic N) is 3. The van der Waals surface area contributed by atoms with Gasteiger partial charge in [-0.25, -0.2) is 9.48 Å². The molecule has 0 spiro atoms. The van der Waals surface area contributed by atoms with Crippen LogP contribution in [-0.4, -0.2) is 20.9 Å². The van der Waals surface area contributed by atoms with Crippen LogP contribution in [0.5, 0.6) is 0 Å². The van der Waals surface area contributed by atoms with Gasteiger partial charge in [-0.1, -0.05) is 23.4 Å². The van der Waals surface area contributed by atoms with E-state index in [1.54, 1.807) is 49.4 Å². The molecule has 0 amide bonds. The number of fused-ring (bicyclic) bond motifs is 1. The van der Waals surface area contributed by atoms with E-state index >= 15 is 0 Å². The van der Waals surface area contributed by atoms with Gasteiger partial charge in [0.25, 0.3) is 5.56 Å². The van der Waals surface area contributed by atoms with E-state index in [2.05, 4.69) is 10.3 Å². The van der Waals surface area contributed by atoms with E-state index in [1.165, 1.54) is 10.9 Å². The number of carbonyl (C=O) groups excluding carboxylic acids is 1. The molecule has 1 aromatic carbocycles. The highest BCUT2D eigenvalue weighted by Gasteiger charge is 2.18. The predicted octanol–water partition coefficient (Wildman–Crippen LogP) is 3.02.